The SMILES string of the molecule is Cc1nc(Nc2ncc(C(=O)Nc3c(C)cccc3C)s2)cc(N2CCN(CCN)CC2)n1. The summed E-state index contributed by atoms with van der Waals surface area (Å²) in [7, 11) is 0. The van der Waals surface area contributed by atoms with Gasteiger partial charge in [0.1, 0.15) is 22.3 Å². The van der Waals surface area contributed by atoms with Crippen molar-refractivity contribution in [2.75, 3.05) is 54.8 Å². The molecule has 4 N–H and O–H groups in total. The zero-order chi connectivity index (χ0) is 23.4. The van der Waals surface area contributed by atoms with Crippen molar-refractivity contribution in [2.24, 2.45) is 5.73 Å². The molecule has 0 bridgehead atoms. The van der Waals surface area contributed by atoms with Crippen LogP contribution >= 0.6 is 11.3 Å². The highest BCUT2D eigenvalue weighted by Crippen LogP contribution is 2.26. The molecule has 1 amide bonds. The van der Waals surface area contributed by atoms with Gasteiger partial charge >= 0.3 is 0 Å². The van der Waals surface area contributed by atoms with Crippen molar-refractivity contribution < 1.29 is 4.79 Å². The number of carbonyl (C=O) groups is 1. The molecule has 0 saturated carbocycles. The van der Waals surface area contributed by atoms with Crippen molar-refractivity contribution in [1.29, 1.82) is 0 Å². The topological polar surface area (TPSA) is 112 Å². The molecule has 4 rings (SSSR count). The van der Waals surface area contributed by atoms with Crippen LogP contribution in [0.2, 0.25) is 0 Å². The Morgan fingerprint density at radius 2 is 1.85 bits per heavy atom. The van der Waals surface area contributed by atoms with Gasteiger partial charge in [-0.25, -0.2) is 15.0 Å². The molecule has 3 heterocycles. The maximum atomic E-state index is 12.8. The Labute approximate surface area is 198 Å². The number of para-hydroxylation sites is 1. The van der Waals surface area contributed by atoms with Gasteiger partial charge < -0.3 is 21.3 Å². The summed E-state index contributed by atoms with van der Waals surface area (Å²) in [6.45, 7) is 11.2. The number of hydrogen-bond acceptors (Lipinski definition) is 9. The Morgan fingerprint density at radius 1 is 1.12 bits per heavy atom. The van der Waals surface area contributed by atoms with Gasteiger partial charge in [0.25, 0.3) is 5.91 Å². The number of aryl methyl sites for hydroxylation is 3. The van der Waals surface area contributed by atoms with Crippen LogP contribution in [0.15, 0.2) is 30.5 Å². The van der Waals surface area contributed by atoms with Crippen LogP contribution in [0.1, 0.15) is 26.6 Å². The minimum atomic E-state index is -0.173. The number of rotatable bonds is 7. The minimum Gasteiger partial charge on any atom is -0.354 e. The molecule has 1 fully saturated rings. The van der Waals surface area contributed by atoms with Gasteiger partial charge in [-0.3, -0.25) is 9.69 Å². The number of amides is 1. The molecule has 0 radical (unpaired) electrons. The van der Waals surface area contributed by atoms with Crippen molar-refractivity contribution >= 4 is 39.7 Å². The molecule has 10 heteroatoms. The smallest absolute Gasteiger partial charge is 0.267 e. The van der Waals surface area contributed by atoms with Crippen LogP contribution in [-0.4, -0.2) is 65.0 Å². The van der Waals surface area contributed by atoms with Crippen LogP contribution in [0.5, 0.6) is 0 Å². The van der Waals surface area contributed by atoms with E-state index < -0.39 is 0 Å². The average molecular weight is 467 g/mol. The molecule has 1 aromatic carbocycles. The van der Waals surface area contributed by atoms with Gasteiger partial charge in [-0.2, -0.15) is 0 Å². The normalized spacial score (nSPS) is 14.4. The van der Waals surface area contributed by atoms with Crippen LogP contribution in [0.3, 0.4) is 0 Å². The van der Waals surface area contributed by atoms with E-state index in [2.05, 4.69) is 35.4 Å². The van der Waals surface area contributed by atoms with E-state index in [1.165, 1.54) is 11.3 Å². The van der Waals surface area contributed by atoms with Gasteiger partial charge in [-0.1, -0.05) is 29.5 Å². The molecule has 0 atom stereocenters. The van der Waals surface area contributed by atoms with Crippen LogP contribution in [0.4, 0.5) is 22.5 Å². The van der Waals surface area contributed by atoms with Crippen LogP contribution < -0.4 is 21.3 Å². The summed E-state index contributed by atoms with van der Waals surface area (Å²) in [4.78, 5) is 31.4. The molecule has 0 aliphatic carbocycles. The van der Waals surface area contributed by atoms with Gasteiger partial charge in [-0.05, 0) is 31.9 Å². The summed E-state index contributed by atoms with van der Waals surface area (Å²) in [5, 5.41) is 6.85. The van der Waals surface area contributed by atoms with Crippen LogP contribution in [0.25, 0.3) is 0 Å². The molecular formula is C23H30N8OS. The number of thiazole rings is 1. The molecule has 0 spiro atoms. The van der Waals surface area contributed by atoms with Gasteiger partial charge in [0, 0.05) is 51.0 Å². The lowest BCUT2D eigenvalue weighted by Crippen LogP contribution is -2.48. The third-order valence-corrected chi connectivity index (χ3v) is 6.56. The van der Waals surface area contributed by atoms with E-state index in [0.717, 1.165) is 55.4 Å². The summed E-state index contributed by atoms with van der Waals surface area (Å²) in [5.74, 6) is 2.07. The second kappa shape index (κ2) is 10.2. The third-order valence-electron chi connectivity index (χ3n) is 5.65. The van der Waals surface area contributed by atoms with E-state index in [-0.39, 0.29) is 5.91 Å². The lowest BCUT2D eigenvalue weighted by Gasteiger charge is -2.35. The Bertz CT molecular complexity index is 1100. The molecule has 1 aliphatic heterocycles. The average Bonchev–Trinajstić information content (AvgIpc) is 3.25. The fraction of sp³-hybridized carbons (Fsp3) is 0.391. The molecule has 2 aromatic heterocycles. The highest BCUT2D eigenvalue weighted by molar-refractivity contribution is 7.17. The lowest BCUT2D eigenvalue weighted by molar-refractivity contribution is 0.103. The van der Waals surface area contributed by atoms with Gasteiger partial charge in [-0.15, -0.1) is 0 Å². The van der Waals surface area contributed by atoms with Crippen LogP contribution in [-0.2, 0) is 0 Å². The second-order valence-electron chi connectivity index (χ2n) is 8.15. The number of piperazine rings is 1. The number of nitrogens with one attached hydrogen (secondary N) is 2. The van der Waals surface area contributed by atoms with E-state index in [4.69, 9.17) is 5.73 Å². The lowest BCUT2D eigenvalue weighted by atomic mass is 10.1. The fourth-order valence-corrected chi connectivity index (χ4v) is 4.61. The van der Waals surface area contributed by atoms with E-state index >= 15 is 0 Å². The Balaban J connectivity index is 1.43. The molecule has 1 saturated heterocycles. The van der Waals surface area contributed by atoms with E-state index in [9.17, 15) is 4.79 Å². The van der Waals surface area contributed by atoms with E-state index in [1.807, 2.05) is 45.0 Å². The summed E-state index contributed by atoms with van der Waals surface area (Å²) in [6, 6.07) is 7.88. The molecule has 174 valence electrons. The monoisotopic (exact) mass is 466 g/mol. The van der Waals surface area contributed by atoms with Crippen molar-refractivity contribution in [3.8, 4) is 0 Å². The zero-order valence-electron chi connectivity index (χ0n) is 19.3. The summed E-state index contributed by atoms with van der Waals surface area (Å²) >= 11 is 1.29. The first-order valence-corrected chi connectivity index (χ1v) is 11.9. The predicted octanol–water partition coefficient (Wildman–Crippen LogP) is 2.93. The summed E-state index contributed by atoms with van der Waals surface area (Å²) < 4.78 is 0. The number of hydrogen-bond donors (Lipinski definition) is 3. The first kappa shape index (κ1) is 23.1. The first-order valence-electron chi connectivity index (χ1n) is 11.1. The van der Waals surface area contributed by atoms with E-state index in [1.54, 1.807) is 6.20 Å². The Kier molecular flexibility index (Phi) is 7.17. The minimum absolute atomic E-state index is 0.173. The Hall–Kier alpha value is -3.08. The summed E-state index contributed by atoms with van der Waals surface area (Å²) in [6.07, 6.45) is 1.58. The molecule has 33 heavy (non-hydrogen) atoms. The number of carbonyl (C=O) groups excluding carboxylic acids is 1. The van der Waals surface area contributed by atoms with Crippen molar-refractivity contribution in [3.05, 3.63) is 52.3 Å². The summed E-state index contributed by atoms with van der Waals surface area (Å²) in [5.41, 5.74) is 8.57. The standard InChI is InChI=1S/C23H30N8OS/c1-15-5-4-6-16(2)21(15)29-22(32)18-14-25-23(33-18)28-19-13-20(27-17(3)26-19)31-11-9-30(8-7-24)10-12-31/h4-6,13-14H,7-12,24H2,1-3H3,(H,29,32)(H,25,26,27,28). The maximum absolute atomic E-state index is 12.8. The fourth-order valence-electron chi connectivity index (χ4n) is 3.89. The van der Waals surface area contributed by atoms with Crippen LogP contribution in [0, 0.1) is 20.8 Å². The second-order valence-corrected chi connectivity index (χ2v) is 9.18. The largest absolute Gasteiger partial charge is 0.354 e. The molecular weight excluding hydrogens is 436 g/mol. The zero-order valence-corrected chi connectivity index (χ0v) is 20.1. The number of benzene rings is 1. The molecule has 1 aliphatic rings. The predicted molar refractivity (Wildman–Crippen MR) is 134 cm³/mol. The van der Waals surface area contributed by atoms with Gasteiger partial charge in [0.2, 0.25) is 0 Å². The third kappa shape index (κ3) is 5.65. The van der Waals surface area contributed by atoms with E-state index in [0.29, 0.717) is 28.2 Å². The highest BCUT2D eigenvalue weighted by Gasteiger charge is 2.19. The molecule has 0 unspecified atom stereocenters. The Morgan fingerprint density at radius 3 is 2.55 bits per heavy atom. The van der Waals surface area contributed by atoms with Crippen molar-refractivity contribution in [3.63, 3.8) is 0 Å². The van der Waals surface area contributed by atoms with Gasteiger partial charge in [0.05, 0.1) is 6.20 Å². The van der Waals surface area contributed by atoms with Crippen molar-refractivity contribution in [1.82, 2.24) is 19.9 Å². The van der Waals surface area contributed by atoms with Crippen molar-refractivity contribution in [2.45, 2.75) is 20.8 Å². The van der Waals surface area contributed by atoms with Gasteiger partial charge in [0.15, 0.2) is 5.13 Å². The molecule has 9 nitrogen and oxygen atoms in total. The number of anilines is 4. The number of nitrogens with zero attached hydrogens (tertiary/aromatic N) is 5. The number of nitrogens with two attached hydrogens (primary N) is 1. The maximum Gasteiger partial charge on any atom is 0.267 e. The first-order chi connectivity index (χ1) is 15.9. The highest BCUT2D eigenvalue weighted by atomic mass is 32.1. The molecule has 3 aromatic rings. The quantitative estimate of drug-likeness (QED) is 0.487. The number of aromatic nitrogens is 3.